The smallest absolute Gasteiger partial charge is 0.351 e. The van der Waals surface area contributed by atoms with Crippen molar-refractivity contribution in [2.45, 2.75) is 88.6 Å². The van der Waals surface area contributed by atoms with Crippen LogP contribution >= 0.6 is 0 Å². The molecule has 0 amide bonds. The minimum absolute atomic E-state index is 0.0973. The Kier molecular flexibility index (Phi) is 8.94. The van der Waals surface area contributed by atoms with Gasteiger partial charge in [-0.3, -0.25) is 4.57 Å². The number of nitrogen functional groups attached to an aromatic ring is 1. The van der Waals surface area contributed by atoms with Gasteiger partial charge in [0.05, 0.1) is 6.61 Å². The molecule has 11 heteroatoms. The van der Waals surface area contributed by atoms with Gasteiger partial charge in [0.15, 0.2) is 20.0 Å². The number of terminal acetylenes is 1. The molecule has 4 rings (SSSR count). The molecular weight excluding hydrogens is 597 g/mol. The van der Waals surface area contributed by atoms with E-state index in [0.717, 1.165) is 21.1 Å². The largest absolute Gasteiger partial charge is 0.404 e. The van der Waals surface area contributed by atoms with E-state index in [9.17, 15) is 4.79 Å². The van der Waals surface area contributed by atoms with Crippen LogP contribution < -0.4 is 21.8 Å². The van der Waals surface area contributed by atoms with Gasteiger partial charge < -0.3 is 19.3 Å². The summed E-state index contributed by atoms with van der Waals surface area (Å²) in [5.74, 6) is -1.29. The lowest BCUT2D eigenvalue weighted by molar-refractivity contribution is -0.139. The molecule has 1 aliphatic rings. The lowest BCUT2D eigenvalue weighted by Gasteiger charge is -2.46. The molecule has 0 spiro atoms. The molecule has 7 nitrogen and oxygen atoms in total. The number of alkyl halides is 2. The number of aromatic nitrogens is 2. The molecule has 0 radical (unpaired) electrons. The van der Waals surface area contributed by atoms with Crippen LogP contribution in [0.2, 0.25) is 23.2 Å². The molecule has 2 heterocycles. The maximum absolute atomic E-state index is 16.8. The number of hydrogen-bond acceptors (Lipinski definition) is 6. The maximum Gasteiger partial charge on any atom is 0.351 e. The quantitative estimate of drug-likeness (QED) is 0.265. The topological polar surface area (TPSA) is 88.6 Å². The van der Waals surface area contributed by atoms with Crippen molar-refractivity contribution in [3.63, 3.8) is 0 Å². The highest BCUT2D eigenvalue weighted by Gasteiger charge is 2.70. The predicted molar refractivity (Wildman–Crippen MR) is 175 cm³/mol. The molecule has 3 aromatic rings. The fourth-order valence-corrected chi connectivity index (χ4v) is 11.4. The second-order valence-electron chi connectivity index (χ2n) is 13.9. The minimum atomic E-state index is -3.74. The Bertz CT molecular complexity index is 1520. The molecule has 0 bridgehead atoms. The summed E-state index contributed by atoms with van der Waals surface area (Å²) in [5.41, 5.74) is 2.62. The molecule has 236 valence electrons. The standard InChI is InChI=1S/C33H43F2N3O4Si2/c1-10-32(23-40-44(31(5,6)7,24-17-13-11-14-18-24)25-19-15-12-16-20-25)27(42-43(8,9)30(2,3)4)33(34,35)28(41-32)38-22-21-26(36)37-29(38)39/h1,11-22,27-28H,23H2,2-9H3,(H2,36,37,39)/t27-,28-,32-/m1/s1. The number of hydrogen-bond donors (Lipinski definition) is 1. The summed E-state index contributed by atoms with van der Waals surface area (Å²) in [6.45, 7) is 15.4. The number of rotatable bonds is 8. The highest BCUT2D eigenvalue weighted by molar-refractivity contribution is 6.99. The van der Waals surface area contributed by atoms with Crippen molar-refractivity contribution >= 4 is 32.8 Å². The second-order valence-corrected chi connectivity index (χ2v) is 23.0. The van der Waals surface area contributed by atoms with Crippen LogP contribution in [0.25, 0.3) is 0 Å². The van der Waals surface area contributed by atoms with Crippen LogP contribution in [0, 0.1) is 12.3 Å². The van der Waals surface area contributed by atoms with Gasteiger partial charge in [-0.2, -0.15) is 13.8 Å². The third-order valence-electron chi connectivity index (χ3n) is 8.91. The van der Waals surface area contributed by atoms with Gasteiger partial charge >= 0.3 is 11.6 Å². The van der Waals surface area contributed by atoms with Crippen LogP contribution in [0.15, 0.2) is 77.7 Å². The van der Waals surface area contributed by atoms with Gasteiger partial charge in [-0.05, 0) is 39.6 Å². The summed E-state index contributed by atoms with van der Waals surface area (Å²) in [6.07, 6.45) is 3.28. The molecule has 0 unspecified atom stereocenters. The molecule has 1 aliphatic heterocycles. The molecule has 2 N–H and O–H groups in total. The van der Waals surface area contributed by atoms with Crippen LogP contribution in [-0.2, 0) is 13.6 Å². The fourth-order valence-electron chi connectivity index (χ4n) is 5.51. The Balaban J connectivity index is 1.92. The summed E-state index contributed by atoms with van der Waals surface area (Å²) in [7, 11) is -6.11. The molecular formula is C33H43F2N3O4Si2. The van der Waals surface area contributed by atoms with Crippen LogP contribution in [0.1, 0.15) is 47.8 Å². The van der Waals surface area contributed by atoms with E-state index in [2.05, 4.69) is 31.7 Å². The Morgan fingerprint density at radius 1 is 0.977 bits per heavy atom. The maximum atomic E-state index is 16.8. The van der Waals surface area contributed by atoms with Crippen LogP contribution in [0.5, 0.6) is 0 Å². The SMILES string of the molecule is C#C[C@]1(CO[Si](c2ccccc2)(c2ccccc2)C(C)(C)C)O[C@@H](n2ccc(N)nc2=O)C(F)(F)[C@@H]1O[Si](C)(C)C(C)(C)C. The first-order chi connectivity index (χ1) is 20.3. The van der Waals surface area contributed by atoms with E-state index >= 15 is 8.78 Å². The zero-order chi connectivity index (χ0) is 32.8. The van der Waals surface area contributed by atoms with Crippen molar-refractivity contribution < 1.29 is 22.4 Å². The lowest BCUT2D eigenvalue weighted by atomic mass is 9.96. The van der Waals surface area contributed by atoms with E-state index in [1.165, 1.54) is 6.07 Å². The predicted octanol–water partition coefficient (Wildman–Crippen LogP) is 5.33. The highest BCUT2D eigenvalue weighted by atomic mass is 28.4. The number of nitrogens with two attached hydrogens (primary N) is 1. The van der Waals surface area contributed by atoms with Crippen LogP contribution in [-0.4, -0.2) is 50.4 Å². The molecule has 44 heavy (non-hydrogen) atoms. The average molecular weight is 640 g/mol. The number of ether oxygens (including phenoxy) is 1. The monoisotopic (exact) mass is 639 g/mol. The molecule has 1 aromatic heterocycles. The van der Waals surface area contributed by atoms with Gasteiger partial charge in [0.1, 0.15) is 5.82 Å². The molecule has 2 aromatic carbocycles. The Hall–Kier alpha value is -3.15. The van der Waals surface area contributed by atoms with E-state index in [0.29, 0.717) is 0 Å². The van der Waals surface area contributed by atoms with Crippen molar-refractivity contribution in [1.29, 1.82) is 0 Å². The van der Waals surface area contributed by atoms with Gasteiger partial charge in [0, 0.05) is 6.20 Å². The number of nitrogens with zero attached hydrogens (tertiary/aromatic N) is 2. The zero-order valence-corrected chi connectivity index (χ0v) is 28.7. The van der Waals surface area contributed by atoms with Crippen molar-refractivity contribution in [1.82, 2.24) is 9.55 Å². The molecule has 1 fully saturated rings. The molecule has 0 aliphatic carbocycles. The minimum Gasteiger partial charge on any atom is -0.404 e. The van der Waals surface area contributed by atoms with Crippen LogP contribution in [0.4, 0.5) is 14.6 Å². The number of benzene rings is 2. The third kappa shape index (κ3) is 5.81. The van der Waals surface area contributed by atoms with Crippen molar-refractivity contribution in [3.8, 4) is 12.3 Å². The average Bonchev–Trinajstić information content (AvgIpc) is 3.15. The summed E-state index contributed by atoms with van der Waals surface area (Å²) < 4.78 is 53.9. The van der Waals surface area contributed by atoms with Gasteiger partial charge in [0.25, 0.3) is 8.32 Å². The van der Waals surface area contributed by atoms with E-state index in [-0.39, 0.29) is 5.82 Å². The van der Waals surface area contributed by atoms with Gasteiger partial charge in [0.2, 0.25) is 6.23 Å². The first-order valence-electron chi connectivity index (χ1n) is 14.6. The first kappa shape index (κ1) is 33.7. The number of halogens is 2. The van der Waals surface area contributed by atoms with Crippen molar-refractivity contribution in [3.05, 3.63) is 83.4 Å². The third-order valence-corrected chi connectivity index (χ3v) is 18.3. The lowest BCUT2D eigenvalue weighted by Crippen LogP contribution is -2.68. The van der Waals surface area contributed by atoms with E-state index < -0.39 is 62.9 Å². The van der Waals surface area contributed by atoms with Gasteiger partial charge in [-0.1, -0.05) is 108 Å². The molecule has 1 saturated heterocycles. The Morgan fingerprint density at radius 2 is 1.50 bits per heavy atom. The van der Waals surface area contributed by atoms with E-state index in [1.807, 2.05) is 94.5 Å². The van der Waals surface area contributed by atoms with E-state index in [4.69, 9.17) is 25.7 Å². The second kappa shape index (κ2) is 11.7. The fraction of sp³-hybridized carbons (Fsp3) is 0.455. The van der Waals surface area contributed by atoms with Gasteiger partial charge in [-0.15, -0.1) is 6.42 Å². The summed E-state index contributed by atoms with van der Waals surface area (Å²) >= 11 is 0. The Labute approximate surface area is 261 Å². The highest BCUT2D eigenvalue weighted by Crippen LogP contribution is 2.52. The van der Waals surface area contributed by atoms with Crippen molar-refractivity contribution in [2.24, 2.45) is 0 Å². The van der Waals surface area contributed by atoms with Gasteiger partial charge in [-0.25, -0.2) is 4.79 Å². The van der Waals surface area contributed by atoms with Crippen molar-refractivity contribution in [2.75, 3.05) is 12.3 Å². The molecule has 0 saturated carbocycles. The summed E-state index contributed by atoms with van der Waals surface area (Å²) in [5, 5.41) is 1.01. The Morgan fingerprint density at radius 3 is 1.93 bits per heavy atom. The summed E-state index contributed by atoms with van der Waals surface area (Å²) in [4.78, 5) is 16.5. The normalized spacial score (nSPS) is 22.5. The zero-order valence-electron chi connectivity index (χ0n) is 26.7. The number of anilines is 1. The first-order valence-corrected chi connectivity index (χ1v) is 19.4. The summed E-state index contributed by atoms with van der Waals surface area (Å²) in [6, 6.07) is 20.9. The van der Waals surface area contributed by atoms with Crippen LogP contribution in [0.3, 0.4) is 0 Å². The molecule has 3 atom stereocenters. The van der Waals surface area contributed by atoms with E-state index in [1.54, 1.807) is 0 Å².